The third-order valence-electron chi connectivity index (χ3n) is 3.63. The zero-order valence-corrected chi connectivity index (χ0v) is 11.9. The van der Waals surface area contributed by atoms with Gasteiger partial charge in [0.25, 0.3) is 5.91 Å². The minimum Gasteiger partial charge on any atom is -0.497 e. The van der Waals surface area contributed by atoms with Crippen molar-refractivity contribution in [3.63, 3.8) is 0 Å². The van der Waals surface area contributed by atoms with E-state index in [2.05, 4.69) is 5.32 Å². The third-order valence-corrected chi connectivity index (χ3v) is 3.63. The lowest BCUT2D eigenvalue weighted by atomic mass is 9.95. The van der Waals surface area contributed by atoms with E-state index >= 15 is 0 Å². The molecule has 2 aromatic rings. The van der Waals surface area contributed by atoms with E-state index in [4.69, 9.17) is 4.74 Å². The number of methoxy groups -OCH3 is 1. The summed E-state index contributed by atoms with van der Waals surface area (Å²) >= 11 is 0. The van der Waals surface area contributed by atoms with Crippen LogP contribution in [0.1, 0.15) is 21.5 Å². The summed E-state index contributed by atoms with van der Waals surface area (Å²) in [6.45, 7) is 0. The van der Waals surface area contributed by atoms with Crippen molar-refractivity contribution in [1.29, 1.82) is 0 Å². The Kier molecular flexibility index (Phi) is 3.73. The lowest BCUT2D eigenvalue weighted by Gasteiger charge is -2.23. The zero-order valence-electron chi connectivity index (χ0n) is 11.9. The lowest BCUT2D eigenvalue weighted by molar-refractivity contribution is 0.0934. The molecule has 0 aliphatic carbocycles. The van der Waals surface area contributed by atoms with Gasteiger partial charge in [-0.15, -0.1) is 0 Å². The smallest absolute Gasteiger partial charge is 0.252 e. The maximum atomic E-state index is 12.0. The molecule has 0 fully saturated rings. The molecule has 1 heterocycles. The Hall–Kier alpha value is -2.55. The number of hydrogen-bond donors (Lipinski definition) is 1. The molecule has 3 nitrogen and oxygen atoms in total. The summed E-state index contributed by atoms with van der Waals surface area (Å²) in [4.78, 5) is 12.0. The fourth-order valence-electron chi connectivity index (χ4n) is 2.54. The van der Waals surface area contributed by atoms with Crippen molar-refractivity contribution in [2.75, 3.05) is 7.11 Å². The first-order chi connectivity index (χ1) is 10.3. The summed E-state index contributed by atoms with van der Waals surface area (Å²) in [5.41, 5.74) is 2.94. The molecule has 2 aromatic carbocycles. The van der Waals surface area contributed by atoms with Crippen LogP contribution in [0.4, 0.5) is 0 Å². The van der Waals surface area contributed by atoms with E-state index in [0.29, 0.717) is 0 Å². The highest BCUT2D eigenvalue weighted by molar-refractivity contribution is 5.97. The van der Waals surface area contributed by atoms with Crippen molar-refractivity contribution >= 4 is 12.0 Å². The van der Waals surface area contributed by atoms with Gasteiger partial charge in [-0.1, -0.05) is 42.5 Å². The maximum absolute atomic E-state index is 12.0. The third kappa shape index (κ3) is 2.97. The Morgan fingerprint density at radius 2 is 2.05 bits per heavy atom. The number of carbonyl (C=O) groups is 1. The maximum Gasteiger partial charge on any atom is 0.252 e. The number of hydrogen-bond acceptors (Lipinski definition) is 2. The normalized spacial score (nSPS) is 17.4. The first kappa shape index (κ1) is 13.4. The summed E-state index contributed by atoms with van der Waals surface area (Å²) in [5, 5.41) is 3.01. The van der Waals surface area contributed by atoms with Crippen LogP contribution in [0.2, 0.25) is 0 Å². The van der Waals surface area contributed by atoms with Crippen LogP contribution in [0.3, 0.4) is 0 Å². The molecular weight excluding hydrogens is 262 g/mol. The Morgan fingerprint density at radius 1 is 1.19 bits per heavy atom. The van der Waals surface area contributed by atoms with Crippen LogP contribution in [-0.4, -0.2) is 19.1 Å². The lowest BCUT2D eigenvalue weighted by Crippen LogP contribution is -2.39. The highest BCUT2D eigenvalue weighted by Crippen LogP contribution is 2.18. The summed E-state index contributed by atoms with van der Waals surface area (Å²) in [6, 6.07) is 15.6. The van der Waals surface area contributed by atoms with Gasteiger partial charge in [0.05, 0.1) is 13.2 Å². The van der Waals surface area contributed by atoms with Crippen LogP contribution in [0.15, 0.2) is 54.6 Å². The highest BCUT2D eigenvalue weighted by atomic mass is 16.5. The van der Waals surface area contributed by atoms with E-state index in [9.17, 15) is 4.79 Å². The van der Waals surface area contributed by atoms with Crippen LogP contribution >= 0.6 is 0 Å². The predicted octanol–water partition coefficient (Wildman–Crippen LogP) is 3.06. The van der Waals surface area contributed by atoms with Gasteiger partial charge in [0.1, 0.15) is 5.75 Å². The van der Waals surface area contributed by atoms with Crippen molar-refractivity contribution < 1.29 is 9.53 Å². The standard InChI is InChI=1S/C18H17NO2/c1-21-16-7-4-5-13(11-16)9-10-15-12-14-6-2-3-8-17(14)18(20)19-15/h2-11,15H,12H2,1H3,(H,19,20)/b10-9+/t15-/m0/s1. The fraction of sp³-hybridized carbons (Fsp3) is 0.167. The molecule has 0 unspecified atom stereocenters. The number of amides is 1. The molecule has 1 aliphatic rings. The van der Waals surface area contributed by atoms with Gasteiger partial charge in [0, 0.05) is 5.56 Å². The van der Waals surface area contributed by atoms with Crippen LogP contribution in [0.25, 0.3) is 6.08 Å². The van der Waals surface area contributed by atoms with Gasteiger partial charge in [-0.25, -0.2) is 0 Å². The number of fused-ring (bicyclic) bond motifs is 1. The summed E-state index contributed by atoms with van der Waals surface area (Å²) in [6.07, 6.45) is 4.87. The molecule has 1 atom stereocenters. The van der Waals surface area contributed by atoms with Gasteiger partial charge in [0.2, 0.25) is 0 Å². The molecule has 21 heavy (non-hydrogen) atoms. The monoisotopic (exact) mass is 279 g/mol. The van der Waals surface area contributed by atoms with Crippen molar-refractivity contribution in [2.24, 2.45) is 0 Å². The molecule has 1 aliphatic heterocycles. The van der Waals surface area contributed by atoms with Crippen LogP contribution in [0, 0.1) is 0 Å². The molecule has 0 aromatic heterocycles. The summed E-state index contributed by atoms with van der Waals surface area (Å²) in [7, 11) is 1.65. The second kappa shape index (κ2) is 5.83. The number of benzene rings is 2. The molecule has 0 spiro atoms. The van der Waals surface area contributed by atoms with Crippen molar-refractivity contribution in [3.05, 3.63) is 71.3 Å². The summed E-state index contributed by atoms with van der Waals surface area (Å²) in [5.74, 6) is 0.826. The molecule has 0 saturated heterocycles. The molecule has 0 bridgehead atoms. The number of nitrogens with one attached hydrogen (secondary N) is 1. The average molecular weight is 279 g/mol. The van der Waals surface area contributed by atoms with Gasteiger partial charge < -0.3 is 10.1 Å². The molecule has 0 saturated carbocycles. The average Bonchev–Trinajstić information content (AvgIpc) is 2.53. The zero-order chi connectivity index (χ0) is 14.7. The molecule has 3 heteroatoms. The first-order valence-electron chi connectivity index (χ1n) is 6.97. The van der Waals surface area contributed by atoms with Gasteiger partial charge >= 0.3 is 0 Å². The predicted molar refractivity (Wildman–Crippen MR) is 83.4 cm³/mol. The highest BCUT2D eigenvalue weighted by Gasteiger charge is 2.21. The second-order valence-corrected chi connectivity index (χ2v) is 5.08. The van der Waals surface area contributed by atoms with E-state index in [0.717, 1.165) is 28.9 Å². The van der Waals surface area contributed by atoms with Crippen molar-refractivity contribution in [3.8, 4) is 5.75 Å². The van der Waals surface area contributed by atoms with Gasteiger partial charge in [-0.05, 0) is 35.7 Å². The molecular formula is C18H17NO2. The second-order valence-electron chi connectivity index (χ2n) is 5.08. The SMILES string of the molecule is COc1cccc(/C=C/[C@H]2Cc3ccccc3C(=O)N2)c1. The van der Waals surface area contributed by atoms with E-state index in [1.165, 1.54) is 0 Å². The minimum absolute atomic E-state index is 0.00265. The van der Waals surface area contributed by atoms with E-state index in [-0.39, 0.29) is 11.9 Å². The Labute approximate surface area is 124 Å². The largest absolute Gasteiger partial charge is 0.497 e. The molecule has 3 rings (SSSR count). The van der Waals surface area contributed by atoms with Crippen LogP contribution < -0.4 is 10.1 Å². The Balaban J connectivity index is 1.77. The molecule has 106 valence electrons. The van der Waals surface area contributed by atoms with Crippen molar-refractivity contribution in [1.82, 2.24) is 5.32 Å². The summed E-state index contributed by atoms with van der Waals surface area (Å²) < 4.78 is 5.21. The Morgan fingerprint density at radius 3 is 2.90 bits per heavy atom. The quantitative estimate of drug-likeness (QED) is 0.937. The van der Waals surface area contributed by atoms with Crippen LogP contribution in [-0.2, 0) is 6.42 Å². The van der Waals surface area contributed by atoms with E-state index in [1.807, 2.05) is 60.7 Å². The fourth-order valence-corrected chi connectivity index (χ4v) is 2.54. The molecule has 1 amide bonds. The number of ether oxygens (including phenoxy) is 1. The van der Waals surface area contributed by atoms with E-state index in [1.54, 1.807) is 7.11 Å². The minimum atomic E-state index is -0.00265. The van der Waals surface area contributed by atoms with Crippen LogP contribution in [0.5, 0.6) is 5.75 Å². The van der Waals surface area contributed by atoms with Gasteiger partial charge in [-0.3, -0.25) is 4.79 Å². The van der Waals surface area contributed by atoms with Gasteiger partial charge in [0.15, 0.2) is 0 Å². The van der Waals surface area contributed by atoms with E-state index < -0.39 is 0 Å². The molecule has 1 N–H and O–H groups in total. The van der Waals surface area contributed by atoms with Crippen molar-refractivity contribution in [2.45, 2.75) is 12.5 Å². The number of rotatable bonds is 3. The molecule has 0 radical (unpaired) electrons. The first-order valence-corrected chi connectivity index (χ1v) is 6.97. The topological polar surface area (TPSA) is 38.3 Å². The Bertz CT molecular complexity index is 691. The van der Waals surface area contributed by atoms with Gasteiger partial charge in [-0.2, -0.15) is 0 Å². The number of carbonyl (C=O) groups excluding carboxylic acids is 1.